The lowest BCUT2D eigenvalue weighted by molar-refractivity contribution is -0.138. The number of halogens is 4. The molecule has 0 saturated carbocycles. The van der Waals surface area contributed by atoms with Crippen molar-refractivity contribution in [3.8, 4) is 0 Å². The average Bonchev–Trinajstić information content (AvgIpc) is 1.86. The minimum Gasteiger partial charge on any atom is -0.166 e. The second-order valence-electron chi connectivity index (χ2n) is 1.90. The minimum absolute atomic E-state index is 0.0486. The highest BCUT2D eigenvalue weighted by Gasteiger charge is 2.32. The molecule has 0 N–H and O–H groups in total. The fraction of sp³-hybridized carbons (Fsp3) is 0.143. The maximum Gasteiger partial charge on any atom is 0.417 e. The molecule has 0 saturated heterocycles. The van der Waals surface area contributed by atoms with Crippen molar-refractivity contribution >= 4 is 15.9 Å². The van der Waals surface area contributed by atoms with E-state index in [1.165, 1.54) is 12.1 Å². The van der Waals surface area contributed by atoms with E-state index in [0.29, 0.717) is 0 Å². The Hall–Kier alpha value is -0.510. The molecule has 1 rings (SSSR count). The van der Waals surface area contributed by atoms with Crippen LogP contribution in [-0.4, -0.2) is 0 Å². The van der Waals surface area contributed by atoms with Crippen LogP contribution in [0.25, 0.3) is 0 Å². The number of hydrogen-bond donors (Lipinski definition) is 0. The maximum absolute atomic E-state index is 12.0. The molecule has 0 spiro atoms. The summed E-state index contributed by atoms with van der Waals surface area (Å²) in [7, 11) is 0. The van der Waals surface area contributed by atoms with Crippen molar-refractivity contribution in [2.24, 2.45) is 0 Å². The predicted octanol–water partition coefficient (Wildman–Crippen LogP) is 3.27. The van der Waals surface area contributed by atoms with Gasteiger partial charge in [-0.1, -0.05) is 12.1 Å². The summed E-state index contributed by atoms with van der Waals surface area (Å²) in [5.41, 5.74) is -0.694. The molecular weight excluding hydrogens is 221 g/mol. The first-order valence-corrected chi connectivity index (χ1v) is 3.54. The molecule has 4 heteroatoms. The van der Waals surface area contributed by atoms with E-state index < -0.39 is 11.7 Å². The minimum atomic E-state index is -4.30. The molecule has 0 aliphatic rings. The molecule has 0 bridgehead atoms. The summed E-state index contributed by atoms with van der Waals surface area (Å²) in [5, 5.41) is 0. The van der Waals surface area contributed by atoms with Gasteiger partial charge in [0.25, 0.3) is 0 Å². The molecule has 1 aromatic carbocycles. The van der Waals surface area contributed by atoms with Gasteiger partial charge in [-0.3, -0.25) is 0 Å². The van der Waals surface area contributed by atoms with Crippen molar-refractivity contribution in [2.75, 3.05) is 0 Å². The summed E-state index contributed by atoms with van der Waals surface area (Å²) in [6.45, 7) is 0. The van der Waals surface area contributed by atoms with Crippen molar-refractivity contribution in [3.63, 3.8) is 0 Å². The van der Waals surface area contributed by atoms with Crippen LogP contribution in [0.3, 0.4) is 0 Å². The van der Waals surface area contributed by atoms with Crippen molar-refractivity contribution in [3.05, 3.63) is 34.3 Å². The molecule has 0 aromatic heterocycles. The SMILES string of the molecule is FC(F)(F)c1ccc[c]c1Br. The van der Waals surface area contributed by atoms with Gasteiger partial charge in [0.15, 0.2) is 0 Å². The monoisotopic (exact) mass is 223 g/mol. The van der Waals surface area contributed by atoms with Gasteiger partial charge in [-0.15, -0.1) is 0 Å². The molecule has 59 valence electrons. The van der Waals surface area contributed by atoms with Crippen molar-refractivity contribution in [1.82, 2.24) is 0 Å². The van der Waals surface area contributed by atoms with E-state index in [0.717, 1.165) is 6.07 Å². The van der Waals surface area contributed by atoms with Gasteiger partial charge in [-0.25, -0.2) is 0 Å². The summed E-state index contributed by atoms with van der Waals surface area (Å²) in [6.07, 6.45) is -4.30. The zero-order chi connectivity index (χ0) is 8.48. The third-order valence-corrected chi connectivity index (χ3v) is 1.77. The maximum atomic E-state index is 12.0. The van der Waals surface area contributed by atoms with Crippen LogP contribution >= 0.6 is 15.9 Å². The smallest absolute Gasteiger partial charge is 0.166 e. The molecule has 0 heterocycles. The van der Waals surface area contributed by atoms with Crippen LogP contribution in [0.15, 0.2) is 22.7 Å². The van der Waals surface area contributed by atoms with E-state index in [1.54, 1.807) is 0 Å². The Kier molecular flexibility index (Phi) is 2.23. The quantitative estimate of drug-likeness (QED) is 0.634. The zero-order valence-electron chi connectivity index (χ0n) is 5.24. The van der Waals surface area contributed by atoms with Crippen LogP contribution in [0.5, 0.6) is 0 Å². The van der Waals surface area contributed by atoms with E-state index in [2.05, 4.69) is 22.0 Å². The third kappa shape index (κ3) is 1.96. The molecule has 0 amide bonds. The average molecular weight is 224 g/mol. The first-order chi connectivity index (χ1) is 5.02. The summed E-state index contributed by atoms with van der Waals surface area (Å²) in [5.74, 6) is 0. The zero-order valence-corrected chi connectivity index (χ0v) is 6.83. The second kappa shape index (κ2) is 2.85. The van der Waals surface area contributed by atoms with E-state index >= 15 is 0 Å². The van der Waals surface area contributed by atoms with E-state index in [4.69, 9.17) is 0 Å². The topological polar surface area (TPSA) is 0 Å². The van der Waals surface area contributed by atoms with Gasteiger partial charge in [0.1, 0.15) is 0 Å². The lowest BCUT2D eigenvalue weighted by Gasteiger charge is -2.06. The summed E-state index contributed by atoms with van der Waals surface area (Å²) in [6, 6.07) is 6.12. The van der Waals surface area contributed by atoms with E-state index in [1.807, 2.05) is 0 Å². The number of hydrogen-bond acceptors (Lipinski definition) is 0. The normalized spacial score (nSPS) is 11.6. The molecule has 0 atom stereocenters. The van der Waals surface area contributed by atoms with Gasteiger partial charge >= 0.3 is 6.18 Å². The third-order valence-electron chi connectivity index (χ3n) is 1.11. The van der Waals surface area contributed by atoms with Gasteiger partial charge in [0.2, 0.25) is 0 Å². The van der Waals surface area contributed by atoms with Crippen molar-refractivity contribution in [2.45, 2.75) is 6.18 Å². The molecule has 0 nitrogen and oxygen atoms in total. The fourth-order valence-corrected chi connectivity index (χ4v) is 1.12. The van der Waals surface area contributed by atoms with E-state index in [-0.39, 0.29) is 4.47 Å². The van der Waals surface area contributed by atoms with Crippen molar-refractivity contribution < 1.29 is 13.2 Å². The first-order valence-electron chi connectivity index (χ1n) is 2.75. The van der Waals surface area contributed by atoms with E-state index in [9.17, 15) is 13.2 Å². The molecule has 0 unspecified atom stereocenters. The van der Waals surface area contributed by atoms with Crippen molar-refractivity contribution in [1.29, 1.82) is 0 Å². The largest absolute Gasteiger partial charge is 0.417 e. The van der Waals surface area contributed by atoms with Gasteiger partial charge in [-0.05, 0) is 28.1 Å². The van der Waals surface area contributed by atoms with Crippen LogP contribution in [0.2, 0.25) is 0 Å². The lowest BCUT2D eigenvalue weighted by atomic mass is 10.2. The predicted molar refractivity (Wildman–Crippen MR) is 38.0 cm³/mol. The first kappa shape index (κ1) is 8.59. The van der Waals surface area contributed by atoms with Gasteiger partial charge in [0.05, 0.1) is 5.56 Å². The Morgan fingerprint density at radius 3 is 2.36 bits per heavy atom. The molecule has 0 aliphatic carbocycles. The summed E-state index contributed by atoms with van der Waals surface area (Å²) < 4.78 is 35.9. The second-order valence-corrected chi connectivity index (χ2v) is 2.69. The molecule has 1 aromatic rings. The van der Waals surface area contributed by atoms with Crippen LogP contribution in [0.1, 0.15) is 5.56 Å². The van der Waals surface area contributed by atoms with Gasteiger partial charge in [-0.2, -0.15) is 13.2 Å². The highest BCUT2D eigenvalue weighted by atomic mass is 79.9. The van der Waals surface area contributed by atoms with Crippen LogP contribution in [0.4, 0.5) is 13.2 Å². The molecule has 11 heavy (non-hydrogen) atoms. The fourth-order valence-electron chi connectivity index (χ4n) is 0.635. The standard InChI is InChI=1S/C7H3BrF3/c8-6-4-2-1-3-5(6)7(9,10)11/h1-3H. The summed E-state index contributed by atoms with van der Waals surface area (Å²) >= 11 is 2.76. The Morgan fingerprint density at radius 1 is 1.36 bits per heavy atom. The summed E-state index contributed by atoms with van der Waals surface area (Å²) in [4.78, 5) is 0. The number of rotatable bonds is 0. The van der Waals surface area contributed by atoms with Crippen LogP contribution in [-0.2, 0) is 6.18 Å². The lowest BCUT2D eigenvalue weighted by Crippen LogP contribution is -2.05. The van der Waals surface area contributed by atoms with Gasteiger partial charge < -0.3 is 0 Å². The van der Waals surface area contributed by atoms with Gasteiger partial charge in [0, 0.05) is 4.47 Å². The highest BCUT2D eigenvalue weighted by molar-refractivity contribution is 9.10. The molecule has 0 aliphatic heterocycles. The Bertz CT molecular complexity index is 254. The Balaban J connectivity index is 3.14. The molecule has 1 radical (unpaired) electrons. The Labute approximate surface area is 70.2 Å². The van der Waals surface area contributed by atoms with Crippen LogP contribution < -0.4 is 0 Å². The Morgan fingerprint density at radius 2 is 2.00 bits per heavy atom. The molecular formula is C7H3BrF3. The number of benzene rings is 1. The molecule has 0 fully saturated rings. The number of alkyl halides is 3. The highest BCUT2D eigenvalue weighted by Crippen LogP contribution is 2.33. The van der Waals surface area contributed by atoms with Crippen LogP contribution in [0, 0.1) is 6.07 Å².